The molecule has 0 aromatic heterocycles. The van der Waals surface area contributed by atoms with E-state index >= 15 is 0 Å². The maximum atomic E-state index is 13.2. The van der Waals surface area contributed by atoms with Gasteiger partial charge < -0.3 is 19.6 Å². The number of carbonyl (C=O) groups is 1. The number of likely N-dealkylation sites (N-methyl/N-ethyl adjacent to an activating group) is 2. The summed E-state index contributed by atoms with van der Waals surface area (Å²) < 4.78 is 6.60. The lowest BCUT2D eigenvalue weighted by molar-refractivity contribution is -0.133. The highest BCUT2D eigenvalue weighted by atomic mass is 16.5. The number of likely N-dealkylation sites (tertiary alicyclic amines) is 1. The number of rotatable bonds is 1. The highest BCUT2D eigenvalue weighted by Crippen LogP contribution is 2.64. The van der Waals surface area contributed by atoms with Gasteiger partial charge in [0.15, 0.2) is 11.5 Å². The molecule has 4 aliphatic rings. The van der Waals surface area contributed by atoms with Gasteiger partial charge in [0.25, 0.3) is 5.91 Å². The summed E-state index contributed by atoms with van der Waals surface area (Å²) in [7, 11) is 4.09. The van der Waals surface area contributed by atoms with Crippen LogP contribution in [0, 0.1) is 24.7 Å². The van der Waals surface area contributed by atoms with Gasteiger partial charge >= 0.3 is 0 Å². The quantitative estimate of drug-likeness (QED) is 0.689. The Morgan fingerprint density at radius 2 is 2.12 bits per heavy atom. The average Bonchev–Trinajstić information content (AvgIpc) is 3.16. The van der Waals surface area contributed by atoms with Crippen LogP contribution in [0.5, 0.6) is 11.5 Å². The fraction of sp³-hybridized carbons (Fsp3) is 0.464. The van der Waals surface area contributed by atoms with Crippen LogP contribution in [0.4, 0.5) is 0 Å². The molecule has 2 heterocycles. The van der Waals surface area contributed by atoms with Gasteiger partial charge in [0.2, 0.25) is 0 Å². The minimum absolute atomic E-state index is 0.0673. The second-order valence-corrected chi connectivity index (χ2v) is 10.3. The standard InChI is InChI=1S/C28H30N2O3/c1-17-5-4-6-18(15-17)7-12-24(32)30(3)21-10-9-20-22-16-19-8-11-23(31)26-25(19)28(20,27(21)33-26)13-14-29(22)2/h4-6,8,11,15,20-22,27,31H,9-10,13-14,16H2,1-3H3/t20-,21+,22+,27-,28-/m0/s1. The third kappa shape index (κ3) is 2.87. The van der Waals surface area contributed by atoms with Gasteiger partial charge in [-0.3, -0.25) is 4.79 Å². The summed E-state index contributed by atoms with van der Waals surface area (Å²) in [5.41, 5.74) is 4.36. The third-order valence-electron chi connectivity index (χ3n) is 8.71. The third-order valence-corrected chi connectivity index (χ3v) is 8.71. The largest absolute Gasteiger partial charge is 0.504 e. The predicted octanol–water partition coefficient (Wildman–Crippen LogP) is 3.25. The molecule has 6 rings (SSSR count). The fourth-order valence-electron chi connectivity index (χ4n) is 7.19. The van der Waals surface area contributed by atoms with Crippen LogP contribution in [0.15, 0.2) is 36.4 Å². The number of phenols is 1. The maximum Gasteiger partial charge on any atom is 0.298 e. The van der Waals surface area contributed by atoms with Crippen molar-refractivity contribution in [3.63, 3.8) is 0 Å². The Morgan fingerprint density at radius 1 is 1.27 bits per heavy atom. The SMILES string of the molecule is Cc1cccc(C#CC(=O)N(C)[C@@H]2CC[C@H]3[C@H]4Cc5ccc(O)c6c5[C@@]3(CCN4C)[C@H]2O6)c1. The van der Waals surface area contributed by atoms with Gasteiger partial charge in [0.1, 0.15) is 6.10 Å². The zero-order valence-corrected chi connectivity index (χ0v) is 19.5. The van der Waals surface area contributed by atoms with E-state index in [1.54, 1.807) is 11.0 Å². The van der Waals surface area contributed by atoms with Gasteiger partial charge in [-0.15, -0.1) is 0 Å². The second kappa shape index (κ2) is 7.27. The van der Waals surface area contributed by atoms with Crippen LogP contribution in [0.3, 0.4) is 0 Å². The molecule has 1 spiro atoms. The lowest BCUT2D eigenvalue weighted by Gasteiger charge is -2.59. The summed E-state index contributed by atoms with van der Waals surface area (Å²) >= 11 is 0. The van der Waals surface area contributed by atoms with Gasteiger partial charge in [-0.2, -0.15) is 0 Å². The van der Waals surface area contributed by atoms with E-state index in [9.17, 15) is 9.90 Å². The van der Waals surface area contributed by atoms with E-state index in [4.69, 9.17) is 4.74 Å². The molecule has 5 atom stereocenters. The zero-order chi connectivity index (χ0) is 22.9. The van der Waals surface area contributed by atoms with E-state index in [1.165, 1.54) is 11.1 Å². The number of benzene rings is 2. The Morgan fingerprint density at radius 3 is 2.94 bits per heavy atom. The summed E-state index contributed by atoms with van der Waals surface area (Å²) in [5, 5.41) is 10.7. The molecule has 2 aliphatic heterocycles. The maximum absolute atomic E-state index is 13.2. The van der Waals surface area contributed by atoms with E-state index in [0.717, 1.165) is 43.4 Å². The second-order valence-electron chi connectivity index (χ2n) is 10.3. The molecule has 1 saturated heterocycles. The van der Waals surface area contributed by atoms with E-state index in [-0.39, 0.29) is 29.2 Å². The van der Waals surface area contributed by atoms with Crippen molar-refractivity contribution >= 4 is 5.91 Å². The van der Waals surface area contributed by atoms with E-state index in [0.29, 0.717) is 17.7 Å². The van der Waals surface area contributed by atoms with Crippen molar-refractivity contribution in [2.75, 3.05) is 20.6 Å². The molecule has 0 unspecified atom stereocenters. The van der Waals surface area contributed by atoms with Crippen molar-refractivity contribution in [2.45, 2.75) is 56.2 Å². The van der Waals surface area contributed by atoms with Crippen molar-refractivity contribution in [2.24, 2.45) is 5.92 Å². The number of aryl methyl sites for hydroxylation is 1. The van der Waals surface area contributed by atoms with Crippen molar-refractivity contribution < 1.29 is 14.6 Å². The molecule has 33 heavy (non-hydrogen) atoms. The van der Waals surface area contributed by atoms with Gasteiger partial charge in [0.05, 0.1) is 6.04 Å². The first-order valence-corrected chi connectivity index (χ1v) is 12.0. The molecule has 5 heteroatoms. The molecule has 170 valence electrons. The van der Waals surface area contributed by atoms with Crippen LogP contribution in [0.1, 0.15) is 41.5 Å². The number of piperidine rings is 1. The molecule has 2 bridgehead atoms. The minimum Gasteiger partial charge on any atom is -0.504 e. The molecule has 5 nitrogen and oxygen atoms in total. The number of nitrogens with zero attached hydrogens (tertiary/aromatic N) is 2. The van der Waals surface area contributed by atoms with Crippen molar-refractivity contribution in [1.82, 2.24) is 9.80 Å². The Labute approximate surface area is 195 Å². The van der Waals surface area contributed by atoms with Gasteiger partial charge in [0, 0.05) is 35.6 Å². The number of amides is 1. The Bertz CT molecular complexity index is 1210. The first-order chi connectivity index (χ1) is 15.9. The lowest BCUT2D eigenvalue weighted by atomic mass is 9.51. The summed E-state index contributed by atoms with van der Waals surface area (Å²) in [6, 6.07) is 12.2. The van der Waals surface area contributed by atoms with E-state index < -0.39 is 0 Å². The van der Waals surface area contributed by atoms with Crippen molar-refractivity contribution in [1.29, 1.82) is 0 Å². The molecular weight excluding hydrogens is 412 g/mol. The molecule has 1 saturated carbocycles. The average molecular weight is 443 g/mol. The predicted molar refractivity (Wildman–Crippen MR) is 126 cm³/mol. The molecule has 2 aromatic carbocycles. The van der Waals surface area contributed by atoms with Crippen LogP contribution >= 0.6 is 0 Å². The van der Waals surface area contributed by atoms with E-state index in [1.807, 2.05) is 38.2 Å². The smallest absolute Gasteiger partial charge is 0.298 e. The molecule has 2 aliphatic carbocycles. The molecule has 1 amide bonds. The molecule has 2 fully saturated rings. The van der Waals surface area contributed by atoms with E-state index in [2.05, 4.69) is 29.9 Å². The summed E-state index contributed by atoms with van der Waals surface area (Å²) in [5.74, 6) is 7.08. The van der Waals surface area contributed by atoms with Crippen LogP contribution in [0.2, 0.25) is 0 Å². The van der Waals surface area contributed by atoms with Crippen LogP contribution in [0.25, 0.3) is 0 Å². The first-order valence-electron chi connectivity index (χ1n) is 12.0. The molecular formula is C28H30N2O3. The number of ether oxygens (including phenoxy) is 1. The van der Waals surface area contributed by atoms with Crippen LogP contribution < -0.4 is 4.74 Å². The minimum atomic E-state index is -0.180. The summed E-state index contributed by atoms with van der Waals surface area (Å²) in [6.45, 7) is 3.03. The highest BCUT2D eigenvalue weighted by molar-refractivity contribution is 5.94. The number of aromatic hydroxyl groups is 1. The molecule has 0 radical (unpaired) electrons. The normalized spacial score (nSPS) is 31.1. The monoisotopic (exact) mass is 442 g/mol. The van der Waals surface area contributed by atoms with Crippen molar-refractivity contribution in [3.8, 4) is 23.3 Å². The Balaban J connectivity index is 1.36. The van der Waals surface area contributed by atoms with Gasteiger partial charge in [-0.05, 0) is 81.4 Å². The summed E-state index contributed by atoms with van der Waals surface area (Å²) in [6.07, 6.45) is 3.79. The number of hydrogen-bond acceptors (Lipinski definition) is 4. The first kappa shape index (κ1) is 20.6. The number of hydrogen-bond donors (Lipinski definition) is 1. The fourth-order valence-corrected chi connectivity index (χ4v) is 7.19. The van der Waals surface area contributed by atoms with Crippen LogP contribution in [-0.2, 0) is 16.6 Å². The Kier molecular flexibility index (Phi) is 4.54. The van der Waals surface area contributed by atoms with Crippen molar-refractivity contribution in [3.05, 3.63) is 58.7 Å². The summed E-state index contributed by atoms with van der Waals surface area (Å²) in [4.78, 5) is 17.5. The molecule has 2 aromatic rings. The lowest BCUT2D eigenvalue weighted by Crippen LogP contribution is -2.68. The topological polar surface area (TPSA) is 53.0 Å². The number of carbonyl (C=O) groups excluding carboxylic acids is 1. The molecule has 1 N–H and O–H groups in total. The Hall–Kier alpha value is -2.97. The highest BCUT2D eigenvalue weighted by Gasteiger charge is 2.66. The van der Waals surface area contributed by atoms with Gasteiger partial charge in [-0.1, -0.05) is 24.1 Å². The zero-order valence-electron chi connectivity index (χ0n) is 19.5. The number of phenolic OH excluding ortho intramolecular Hbond substituents is 1. The van der Waals surface area contributed by atoms with Gasteiger partial charge in [-0.25, -0.2) is 0 Å². The van der Waals surface area contributed by atoms with Crippen LogP contribution in [-0.4, -0.2) is 59.6 Å².